The number of piperidine rings is 1. The van der Waals surface area contributed by atoms with Crippen LogP contribution in [-0.2, 0) is 11.3 Å². The molecule has 0 spiro atoms. The lowest BCUT2D eigenvalue weighted by atomic mass is 9.93. The van der Waals surface area contributed by atoms with Gasteiger partial charge >= 0.3 is 5.97 Å². The molecule has 1 aliphatic heterocycles. The first kappa shape index (κ1) is 12.0. The maximum absolute atomic E-state index is 10.6. The number of carbonyl (C=O) groups is 1. The Balaban J connectivity index is 1.78. The van der Waals surface area contributed by atoms with Crippen molar-refractivity contribution in [1.82, 2.24) is 9.88 Å². The second-order valence-corrected chi connectivity index (χ2v) is 4.67. The lowest BCUT2D eigenvalue weighted by Gasteiger charge is -2.31. The molecule has 0 atom stereocenters. The third-order valence-corrected chi connectivity index (χ3v) is 3.33. The van der Waals surface area contributed by atoms with Gasteiger partial charge in [-0.1, -0.05) is 0 Å². The fraction of sp³-hybridized carbons (Fsp3) is 0.538. The first-order valence-corrected chi connectivity index (χ1v) is 6.07. The van der Waals surface area contributed by atoms with E-state index in [0.717, 1.165) is 32.5 Å². The Hall–Kier alpha value is -1.42. The van der Waals surface area contributed by atoms with Gasteiger partial charge in [-0.2, -0.15) is 0 Å². The molecule has 1 aromatic heterocycles. The van der Waals surface area contributed by atoms with Crippen molar-refractivity contribution in [2.75, 3.05) is 13.1 Å². The SMILES string of the molecule is O=C(O)CC1CCN(Cc2ccncc2)CC1. The average molecular weight is 234 g/mol. The van der Waals surface area contributed by atoms with Gasteiger partial charge in [-0.25, -0.2) is 0 Å². The van der Waals surface area contributed by atoms with Crippen LogP contribution in [0.3, 0.4) is 0 Å². The smallest absolute Gasteiger partial charge is 0.303 e. The summed E-state index contributed by atoms with van der Waals surface area (Å²) in [5.74, 6) is -0.307. The van der Waals surface area contributed by atoms with Crippen molar-refractivity contribution >= 4 is 5.97 Å². The van der Waals surface area contributed by atoms with Crippen molar-refractivity contribution in [3.63, 3.8) is 0 Å². The zero-order valence-corrected chi connectivity index (χ0v) is 9.88. The van der Waals surface area contributed by atoms with Crippen LogP contribution in [-0.4, -0.2) is 34.0 Å². The van der Waals surface area contributed by atoms with Crippen LogP contribution in [0.4, 0.5) is 0 Å². The molecule has 0 aromatic carbocycles. The Morgan fingerprint density at radius 1 is 1.35 bits per heavy atom. The number of nitrogens with zero attached hydrogens (tertiary/aromatic N) is 2. The highest BCUT2D eigenvalue weighted by Gasteiger charge is 2.21. The molecule has 17 heavy (non-hydrogen) atoms. The lowest BCUT2D eigenvalue weighted by molar-refractivity contribution is -0.138. The van der Waals surface area contributed by atoms with Crippen LogP contribution in [0.1, 0.15) is 24.8 Å². The molecule has 1 saturated heterocycles. The number of rotatable bonds is 4. The van der Waals surface area contributed by atoms with Crippen LogP contribution in [0.5, 0.6) is 0 Å². The van der Waals surface area contributed by atoms with Gasteiger partial charge in [0, 0.05) is 25.4 Å². The Labute approximate surface area is 101 Å². The van der Waals surface area contributed by atoms with E-state index in [2.05, 4.69) is 9.88 Å². The highest BCUT2D eigenvalue weighted by atomic mass is 16.4. The number of pyridine rings is 1. The Bertz CT molecular complexity index is 359. The minimum absolute atomic E-state index is 0.323. The topological polar surface area (TPSA) is 53.4 Å². The van der Waals surface area contributed by atoms with Crippen LogP contribution in [0.25, 0.3) is 0 Å². The van der Waals surface area contributed by atoms with Gasteiger partial charge in [0.15, 0.2) is 0 Å². The second kappa shape index (κ2) is 5.77. The predicted molar refractivity (Wildman–Crippen MR) is 64.5 cm³/mol. The molecule has 4 nitrogen and oxygen atoms in total. The van der Waals surface area contributed by atoms with Crippen molar-refractivity contribution < 1.29 is 9.90 Å². The van der Waals surface area contributed by atoms with E-state index < -0.39 is 5.97 Å². The van der Waals surface area contributed by atoms with Crippen molar-refractivity contribution in [3.8, 4) is 0 Å². The van der Waals surface area contributed by atoms with E-state index in [-0.39, 0.29) is 0 Å². The number of carboxylic acids is 1. The van der Waals surface area contributed by atoms with Gasteiger partial charge < -0.3 is 5.11 Å². The van der Waals surface area contributed by atoms with Crippen LogP contribution in [0.2, 0.25) is 0 Å². The summed E-state index contributed by atoms with van der Waals surface area (Å²) in [6, 6.07) is 4.06. The third-order valence-electron chi connectivity index (χ3n) is 3.33. The van der Waals surface area contributed by atoms with E-state index in [1.165, 1.54) is 5.56 Å². The molecule has 0 radical (unpaired) electrons. The first-order chi connectivity index (χ1) is 8.24. The fourth-order valence-corrected chi connectivity index (χ4v) is 2.34. The van der Waals surface area contributed by atoms with Crippen molar-refractivity contribution in [3.05, 3.63) is 30.1 Å². The zero-order valence-electron chi connectivity index (χ0n) is 9.88. The van der Waals surface area contributed by atoms with Crippen molar-refractivity contribution in [2.24, 2.45) is 5.92 Å². The van der Waals surface area contributed by atoms with Crippen molar-refractivity contribution in [2.45, 2.75) is 25.8 Å². The monoisotopic (exact) mass is 234 g/mol. The lowest BCUT2D eigenvalue weighted by Crippen LogP contribution is -2.33. The van der Waals surface area contributed by atoms with E-state index in [9.17, 15) is 4.79 Å². The summed E-state index contributed by atoms with van der Waals surface area (Å²) < 4.78 is 0. The number of carboxylic acid groups (broad SMARTS) is 1. The number of aromatic nitrogens is 1. The Morgan fingerprint density at radius 2 is 2.00 bits per heavy atom. The highest BCUT2D eigenvalue weighted by Crippen LogP contribution is 2.21. The third kappa shape index (κ3) is 3.82. The van der Waals surface area contributed by atoms with Crippen LogP contribution < -0.4 is 0 Å². The van der Waals surface area contributed by atoms with Gasteiger partial charge in [0.25, 0.3) is 0 Å². The largest absolute Gasteiger partial charge is 0.481 e. The molecule has 0 bridgehead atoms. The highest BCUT2D eigenvalue weighted by molar-refractivity contribution is 5.67. The second-order valence-electron chi connectivity index (χ2n) is 4.67. The van der Waals surface area contributed by atoms with Gasteiger partial charge in [0.1, 0.15) is 0 Å². The van der Waals surface area contributed by atoms with Crippen molar-refractivity contribution in [1.29, 1.82) is 0 Å². The number of hydrogen-bond donors (Lipinski definition) is 1. The summed E-state index contributed by atoms with van der Waals surface area (Å²) in [6.45, 7) is 2.95. The number of likely N-dealkylation sites (tertiary alicyclic amines) is 1. The summed E-state index contributed by atoms with van der Waals surface area (Å²) in [5, 5.41) is 8.75. The molecule has 0 unspecified atom stereocenters. The molecule has 0 aliphatic carbocycles. The summed E-state index contributed by atoms with van der Waals surface area (Å²) in [6.07, 6.45) is 5.94. The van der Waals surface area contributed by atoms with E-state index in [4.69, 9.17) is 5.11 Å². The van der Waals surface area contributed by atoms with E-state index >= 15 is 0 Å². The molecular formula is C13H18N2O2. The summed E-state index contributed by atoms with van der Waals surface area (Å²) in [4.78, 5) is 17.0. The van der Waals surface area contributed by atoms with Gasteiger partial charge in [0.05, 0.1) is 0 Å². The molecule has 2 rings (SSSR count). The molecule has 0 saturated carbocycles. The number of hydrogen-bond acceptors (Lipinski definition) is 3. The maximum Gasteiger partial charge on any atom is 0.303 e. The molecule has 92 valence electrons. The standard InChI is InChI=1S/C13H18N2O2/c16-13(17)9-11-3-7-15(8-4-11)10-12-1-5-14-6-2-12/h1-2,5-6,11H,3-4,7-10H2,(H,16,17). The molecular weight excluding hydrogens is 216 g/mol. The van der Waals surface area contributed by atoms with Crippen LogP contribution in [0.15, 0.2) is 24.5 Å². The average Bonchev–Trinajstić information content (AvgIpc) is 2.32. The maximum atomic E-state index is 10.6. The molecule has 4 heteroatoms. The van der Waals surface area contributed by atoms with Gasteiger partial charge in [-0.15, -0.1) is 0 Å². The first-order valence-electron chi connectivity index (χ1n) is 6.07. The van der Waals surface area contributed by atoms with E-state index in [0.29, 0.717) is 12.3 Å². The van der Waals surface area contributed by atoms with E-state index in [1.54, 1.807) is 0 Å². The Kier molecular flexibility index (Phi) is 4.09. The van der Waals surface area contributed by atoms with Gasteiger partial charge in [0.2, 0.25) is 0 Å². The minimum atomic E-state index is -0.669. The Morgan fingerprint density at radius 3 is 2.59 bits per heavy atom. The predicted octanol–water partition coefficient (Wildman–Crippen LogP) is 1.77. The van der Waals surface area contributed by atoms with Crippen LogP contribution in [0, 0.1) is 5.92 Å². The molecule has 1 aromatic rings. The molecule has 2 heterocycles. The quantitative estimate of drug-likeness (QED) is 0.862. The molecule has 1 fully saturated rings. The molecule has 1 aliphatic rings. The summed E-state index contributed by atoms with van der Waals surface area (Å²) in [5.41, 5.74) is 1.27. The summed E-state index contributed by atoms with van der Waals surface area (Å²) in [7, 11) is 0. The van der Waals surface area contributed by atoms with Gasteiger partial charge in [-0.05, 0) is 49.5 Å². The summed E-state index contributed by atoms with van der Waals surface area (Å²) >= 11 is 0. The van der Waals surface area contributed by atoms with Gasteiger partial charge in [-0.3, -0.25) is 14.7 Å². The normalized spacial score (nSPS) is 18.1. The van der Waals surface area contributed by atoms with E-state index in [1.807, 2.05) is 24.5 Å². The minimum Gasteiger partial charge on any atom is -0.481 e. The van der Waals surface area contributed by atoms with Crippen LogP contribution >= 0.6 is 0 Å². The molecule has 1 N–H and O–H groups in total. The molecule has 0 amide bonds. The fourth-order valence-electron chi connectivity index (χ4n) is 2.34. The number of aliphatic carboxylic acids is 1. The zero-order chi connectivity index (χ0) is 12.1.